The Morgan fingerprint density at radius 2 is 1.62 bits per heavy atom. The van der Waals surface area contributed by atoms with Gasteiger partial charge in [-0.15, -0.1) is 0 Å². The number of nitrogens with zero attached hydrogens (tertiary/aromatic N) is 1. The van der Waals surface area contributed by atoms with Crippen molar-refractivity contribution in [1.82, 2.24) is 4.90 Å². The summed E-state index contributed by atoms with van der Waals surface area (Å²) in [6.45, 7) is 1.18. The summed E-state index contributed by atoms with van der Waals surface area (Å²) >= 11 is 0. The van der Waals surface area contributed by atoms with Crippen LogP contribution in [0.5, 0.6) is 23.0 Å². The number of phenolic OH excluding ortho intramolecular Hbond substituents is 1. The average molecular weight is 550 g/mol. The van der Waals surface area contributed by atoms with E-state index < -0.39 is 5.97 Å². The van der Waals surface area contributed by atoms with Crippen molar-refractivity contribution in [3.63, 3.8) is 0 Å². The first-order valence-electron chi connectivity index (χ1n) is 13.0. The van der Waals surface area contributed by atoms with Crippen LogP contribution in [0.15, 0.2) is 60.7 Å². The summed E-state index contributed by atoms with van der Waals surface area (Å²) in [6.07, 6.45) is 1.35. The number of carbonyl (C=O) groups excluding carboxylic acids is 2. The summed E-state index contributed by atoms with van der Waals surface area (Å²) in [5.74, 6) is 0.550. The van der Waals surface area contributed by atoms with Crippen LogP contribution < -0.4 is 14.2 Å². The lowest BCUT2D eigenvalue weighted by Crippen LogP contribution is -2.36. The fourth-order valence-electron chi connectivity index (χ4n) is 4.96. The molecule has 40 heavy (non-hydrogen) atoms. The molecule has 4 rings (SSSR count). The maximum absolute atomic E-state index is 13.3. The molecule has 9 nitrogen and oxygen atoms in total. The third-order valence-corrected chi connectivity index (χ3v) is 6.97. The van der Waals surface area contributed by atoms with E-state index in [0.717, 1.165) is 24.0 Å². The van der Waals surface area contributed by atoms with Crippen LogP contribution >= 0.6 is 0 Å². The van der Waals surface area contributed by atoms with E-state index in [4.69, 9.17) is 23.7 Å². The SMILES string of the molecule is COC(=O)c1cc(C(=O)CN(Cc2ccccc2)CC2CCC(c3cc(OC)c(OC)c(OC)c3)O2)ccc1O. The van der Waals surface area contributed by atoms with E-state index >= 15 is 0 Å². The molecule has 1 fully saturated rings. The summed E-state index contributed by atoms with van der Waals surface area (Å²) in [4.78, 5) is 27.4. The van der Waals surface area contributed by atoms with Crippen molar-refractivity contribution in [1.29, 1.82) is 0 Å². The Morgan fingerprint density at radius 3 is 2.25 bits per heavy atom. The quantitative estimate of drug-likeness (QED) is 0.252. The number of carbonyl (C=O) groups is 2. The highest BCUT2D eigenvalue weighted by atomic mass is 16.5. The second kappa shape index (κ2) is 13.3. The fourth-order valence-corrected chi connectivity index (χ4v) is 4.96. The van der Waals surface area contributed by atoms with Crippen molar-refractivity contribution in [3.05, 3.63) is 82.9 Å². The molecule has 0 radical (unpaired) electrons. The number of ether oxygens (including phenoxy) is 5. The number of phenols is 1. The molecule has 0 saturated carbocycles. The van der Waals surface area contributed by atoms with E-state index in [-0.39, 0.29) is 35.8 Å². The molecule has 0 aromatic heterocycles. The molecule has 1 heterocycles. The number of hydrogen-bond donors (Lipinski definition) is 1. The van der Waals surface area contributed by atoms with Gasteiger partial charge in [0.2, 0.25) is 5.75 Å². The minimum Gasteiger partial charge on any atom is -0.507 e. The zero-order valence-electron chi connectivity index (χ0n) is 23.2. The predicted octanol–water partition coefficient (Wildman–Crippen LogP) is 4.81. The first-order valence-corrected chi connectivity index (χ1v) is 13.0. The first-order chi connectivity index (χ1) is 19.4. The predicted molar refractivity (Wildman–Crippen MR) is 148 cm³/mol. The van der Waals surface area contributed by atoms with E-state index in [2.05, 4.69) is 0 Å². The Morgan fingerprint density at radius 1 is 0.925 bits per heavy atom. The normalized spacial score (nSPS) is 16.5. The molecule has 1 aliphatic rings. The van der Waals surface area contributed by atoms with Crippen molar-refractivity contribution in [2.24, 2.45) is 0 Å². The third-order valence-electron chi connectivity index (χ3n) is 6.97. The molecule has 0 aliphatic carbocycles. The van der Waals surface area contributed by atoms with Crippen molar-refractivity contribution in [2.75, 3.05) is 41.5 Å². The van der Waals surface area contributed by atoms with Crippen LogP contribution in [0, 0.1) is 0 Å². The number of aromatic hydroxyl groups is 1. The molecule has 3 aromatic rings. The molecular formula is C31H35NO8. The van der Waals surface area contributed by atoms with Crippen LogP contribution in [0.4, 0.5) is 0 Å². The van der Waals surface area contributed by atoms with Crippen molar-refractivity contribution in [3.8, 4) is 23.0 Å². The second-order valence-electron chi connectivity index (χ2n) is 9.58. The Hall–Kier alpha value is -4.08. The topological polar surface area (TPSA) is 104 Å². The lowest BCUT2D eigenvalue weighted by atomic mass is 10.0. The highest BCUT2D eigenvalue weighted by molar-refractivity contribution is 6.01. The van der Waals surface area contributed by atoms with Crippen LogP contribution in [-0.4, -0.2) is 69.4 Å². The summed E-state index contributed by atoms with van der Waals surface area (Å²) in [5.41, 5.74) is 2.27. The second-order valence-corrected chi connectivity index (χ2v) is 9.58. The van der Waals surface area contributed by atoms with E-state index in [1.165, 1.54) is 25.3 Å². The summed E-state index contributed by atoms with van der Waals surface area (Å²) < 4.78 is 27.6. The lowest BCUT2D eigenvalue weighted by molar-refractivity contribution is 0.0207. The number of methoxy groups -OCH3 is 4. The van der Waals surface area contributed by atoms with Crippen LogP contribution in [-0.2, 0) is 16.0 Å². The van der Waals surface area contributed by atoms with Gasteiger partial charge in [-0.2, -0.15) is 0 Å². The van der Waals surface area contributed by atoms with Crippen molar-refractivity contribution in [2.45, 2.75) is 31.6 Å². The van der Waals surface area contributed by atoms with Crippen LogP contribution in [0.3, 0.4) is 0 Å². The molecule has 2 unspecified atom stereocenters. The molecule has 2 atom stereocenters. The van der Waals surface area contributed by atoms with Crippen LogP contribution in [0.25, 0.3) is 0 Å². The van der Waals surface area contributed by atoms with Gasteiger partial charge >= 0.3 is 5.97 Å². The monoisotopic (exact) mass is 549 g/mol. The van der Waals surface area contributed by atoms with Crippen LogP contribution in [0.1, 0.15) is 50.8 Å². The zero-order chi connectivity index (χ0) is 28.6. The smallest absolute Gasteiger partial charge is 0.341 e. The van der Waals surface area contributed by atoms with Gasteiger partial charge in [0.05, 0.1) is 47.2 Å². The Kier molecular flexibility index (Phi) is 9.63. The summed E-state index contributed by atoms with van der Waals surface area (Å²) in [5, 5.41) is 10.0. The number of Topliss-reactive ketones (excluding diaryl/α,β-unsaturated/α-hetero) is 1. The van der Waals surface area contributed by atoms with Gasteiger partial charge in [-0.3, -0.25) is 9.69 Å². The van der Waals surface area contributed by atoms with Gasteiger partial charge in [0.15, 0.2) is 17.3 Å². The minimum atomic E-state index is -0.703. The fraction of sp³-hybridized carbons (Fsp3) is 0.355. The van der Waals surface area contributed by atoms with Crippen molar-refractivity contribution >= 4 is 11.8 Å². The third kappa shape index (κ3) is 6.73. The minimum absolute atomic E-state index is 0.0460. The molecule has 1 N–H and O–H groups in total. The van der Waals surface area contributed by atoms with Gasteiger partial charge in [0, 0.05) is 18.7 Å². The number of hydrogen-bond acceptors (Lipinski definition) is 9. The standard InChI is InChI=1S/C31H35NO8/c1-36-28-15-22(16-29(37-2)30(28)38-3)27-13-11-23(40-27)18-32(17-20-8-6-5-7-9-20)19-26(34)21-10-12-25(33)24(14-21)31(35)39-4/h5-10,12,14-16,23,27,33H,11,13,17-19H2,1-4H3. The van der Waals surface area contributed by atoms with Gasteiger partial charge in [-0.05, 0) is 54.3 Å². The number of rotatable bonds is 12. The van der Waals surface area contributed by atoms with Crippen LogP contribution in [0.2, 0.25) is 0 Å². The molecule has 1 saturated heterocycles. The van der Waals surface area contributed by atoms with Gasteiger partial charge in [0.1, 0.15) is 11.3 Å². The van der Waals surface area contributed by atoms with Gasteiger partial charge < -0.3 is 28.8 Å². The van der Waals surface area contributed by atoms with Gasteiger partial charge in [-0.1, -0.05) is 30.3 Å². The largest absolute Gasteiger partial charge is 0.507 e. The lowest BCUT2D eigenvalue weighted by Gasteiger charge is -2.25. The molecule has 9 heteroatoms. The van der Waals surface area contributed by atoms with Gasteiger partial charge in [0.25, 0.3) is 0 Å². The number of ketones is 1. The molecular weight excluding hydrogens is 514 g/mol. The maximum Gasteiger partial charge on any atom is 0.341 e. The van der Waals surface area contributed by atoms with Crippen molar-refractivity contribution < 1.29 is 38.4 Å². The van der Waals surface area contributed by atoms with E-state index in [1.54, 1.807) is 21.3 Å². The number of esters is 1. The molecule has 0 spiro atoms. The van der Waals surface area contributed by atoms with E-state index in [9.17, 15) is 14.7 Å². The highest BCUT2D eigenvalue weighted by Crippen LogP contribution is 2.43. The Bertz CT molecular complexity index is 1300. The molecule has 0 amide bonds. The maximum atomic E-state index is 13.3. The average Bonchev–Trinajstić information content (AvgIpc) is 3.45. The molecule has 212 valence electrons. The highest BCUT2D eigenvalue weighted by Gasteiger charge is 2.30. The van der Waals surface area contributed by atoms with Gasteiger partial charge in [-0.25, -0.2) is 4.79 Å². The Labute approximate surface area is 234 Å². The Balaban J connectivity index is 1.51. The molecule has 1 aliphatic heterocycles. The molecule has 0 bridgehead atoms. The zero-order valence-corrected chi connectivity index (χ0v) is 23.2. The van der Waals surface area contributed by atoms with E-state index in [0.29, 0.717) is 35.9 Å². The summed E-state index contributed by atoms with van der Waals surface area (Å²) in [7, 11) is 5.96. The summed E-state index contributed by atoms with van der Waals surface area (Å²) in [6, 6.07) is 17.9. The first kappa shape index (κ1) is 28.9. The number of benzene rings is 3. The van der Waals surface area contributed by atoms with E-state index in [1.807, 2.05) is 47.4 Å². The molecule has 3 aromatic carbocycles.